The minimum absolute atomic E-state index is 0.0687. The van der Waals surface area contributed by atoms with E-state index in [1.807, 2.05) is 13.8 Å². The maximum absolute atomic E-state index is 11.4. The second kappa shape index (κ2) is 4.96. The molecule has 0 aliphatic rings. The molecule has 0 radical (unpaired) electrons. The van der Waals surface area contributed by atoms with Crippen molar-refractivity contribution in [1.29, 1.82) is 0 Å². The average molecular weight is 253 g/mol. The summed E-state index contributed by atoms with van der Waals surface area (Å²) in [7, 11) is 0. The van der Waals surface area contributed by atoms with E-state index in [0.29, 0.717) is 9.34 Å². The van der Waals surface area contributed by atoms with E-state index < -0.39 is 5.38 Å². The molecule has 1 unspecified atom stereocenters. The van der Waals surface area contributed by atoms with Gasteiger partial charge in [-0.1, -0.05) is 11.6 Å². The number of hydrogen-bond acceptors (Lipinski definition) is 3. The van der Waals surface area contributed by atoms with Crippen LogP contribution in [0.3, 0.4) is 0 Å². The second-order valence-corrected chi connectivity index (χ2v) is 5.16. The van der Waals surface area contributed by atoms with Crippen LogP contribution in [-0.2, 0) is 4.79 Å². The zero-order chi connectivity index (χ0) is 10.7. The third-order valence-electron chi connectivity index (χ3n) is 1.37. The normalized spacial score (nSPS) is 12.9. The van der Waals surface area contributed by atoms with Gasteiger partial charge in [-0.25, -0.2) is 4.98 Å². The molecule has 1 atom stereocenters. The summed E-state index contributed by atoms with van der Waals surface area (Å²) in [6, 6.07) is 0.0687. The Balaban J connectivity index is 2.65. The second-order valence-electron chi connectivity index (χ2n) is 3.03. The number of nitrogens with one attached hydrogen (secondary N) is 1. The molecule has 0 bridgehead atoms. The van der Waals surface area contributed by atoms with Crippen molar-refractivity contribution in [2.75, 3.05) is 0 Å². The predicted octanol–water partition coefficient (Wildman–Crippen LogP) is 2.60. The van der Waals surface area contributed by atoms with Gasteiger partial charge in [0, 0.05) is 6.04 Å². The molecule has 6 heteroatoms. The molecule has 78 valence electrons. The lowest BCUT2D eigenvalue weighted by atomic mass is 10.3. The molecule has 0 saturated carbocycles. The molecule has 0 saturated heterocycles. The van der Waals surface area contributed by atoms with Crippen molar-refractivity contribution < 1.29 is 4.79 Å². The fourth-order valence-corrected chi connectivity index (χ4v) is 2.01. The summed E-state index contributed by atoms with van der Waals surface area (Å²) < 4.78 is 0.531. The maximum Gasteiger partial charge on any atom is 0.245 e. The van der Waals surface area contributed by atoms with Crippen LogP contribution in [0.2, 0.25) is 4.34 Å². The van der Waals surface area contributed by atoms with Crippen molar-refractivity contribution >= 4 is 40.4 Å². The molecular weight excluding hydrogens is 243 g/mol. The molecule has 1 amide bonds. The van der Waals surface area contributed by atoms with Crippen molar-refractivity contribution in [3.05, 3.63) is 15.5 Å². The summed E-state index contributed by atoms with van der Waals surface area (Å²) in [5.41, 5.74) is 0. The van der Waals surface area contributed by atoms with Crippen molar-refractivity contribution in [2.24, 2.45) is 0 Å². The topological polar surface area (TPSA) is 42.0 Å². The first-order chi connectivity index (χ1) is 6.50. The summed E-state index contributed by atoms with van der Waals surface area (Å²) in [4.78, 5) is 15.4. The van der Waals surface area contributed by atoms with Crippen molar-refractivity contribution in [3.8, 4) is 0 Å². The first kappa shape index (κ1) is 11.8. The van der Waals surface area contributed by atoms with Crippen LogP contribution in [0.1, 0.15) is 24.2 Å². The summed E-state index contributed by atoms with van der Waals surface area (Å²) >= 11 is 12.8. The van der Waals surface area contributed by atoms with Gasteiger partial charge in [-0.3, -0.25) is 4.79 Å². The zero-order valence-corrected chi connectivity index (χ0v) is 10.1. The number of aromatic nitrogens is 1. The predicted molar refractivity (Wildman–Crippen MR) is 59.0 cm³/mol. The number of rotatable bonds is 3. The first-order valence-corrected chi connectivity index (χ1v) is 5.69. The molecule has 14 heavy (non-hydrogen) atoms. The molecule has 1 heterocycles. The molecule has 1 aromatic rings. The molecule has 0 aliphatic carbocycles. The van der Waals surface area contributed by atoms with E-state index in [-0.39, 0.29) is 11.9 Å². The minimum Gasteiger partial charge on any atom is -0.352 e. The molecular formula is C8H10Cl2N2OS. The van der Waals surface area contributed by atoms with E-state index in [9.17, 15) is 4.79 Å². The number of amides is 1. The van der Waals surface area contributed by atoms with Crippen molar-refractivity contribution in [2.45, 2.75) is 25.3 Å². The van der Waals surface area contributed by atoms with E-state index in [1.54, 1.807) is 0 Å². The number of alkyl halides is 1. The Labute approximate surface area is 96.4 Å². The lowest BCUT2D eigenvalue weighted by molar-refractivity contribution is -0.121. The van der Waals surface area contributed by atoms with E-state index in [0.717, 1.165) is 0 Å². The highest BCUT2D eigenvalue weighted by Crippen LogP contribution is 2.28. The molecule has 1 N–H and O–H groups in total. The third-order valence-corrected chi connectivity index (χ3v) is 3.09. The van der Waals surface area contributed by atoms with Gasteiger partial charge < -0.3 is 5.32 Å². The monoisotopic (exact) mass is 252 g/mol. The smallest absolute Gasteiger partial charge is 0.245 e. The molecule has 0 fully saturated rings. The molecule has 0 spiro atoms. The van der Waals surface area contributed by atoms with Crippen molar-refractivity contribution in [3.63, 3.8) is 0 Å². The highest BCUT2D eigenvalue weighted by Gasteiger charge is 2.21. The Hall–Kier alpha value is -0.320. The molecule has 1 aromatic heterocycles. The standard InChI is InChI=1S/C8H10Cl2N2OS/c1-4(2)12-7(13)6(10)8-11-3-5(9)14-8/h3-4,6H,1-2H3,(H,12,13). The highest BCUT2D eigenvalue weighted by atomic mass is 35.5. The van der Waals surface area contributed by atoms with E-state index in [2.05, 4.69) is 10.3 Å². The highest BCUT2D eigenvalue weighted by molar-refractivity contribution is 7.16. The summed E-state index contributed by atoms with van der Waals surface area (Å²) in [6.45, 7) is 3.74. The Morgan fingerprint density at radius 1 is 1.64 bits per heavy atom. The number of carbonyl (C=O) groups excluding carboxylic acids is 1. The summed E-state index contributed by atoms with van der Waals surface area (Å²) in [5, 5.41) is 2.47. The van der Waals surface area contributed by atoms with Gasteiger partial charge in [0.2, 0.25) is 5.91 Å². The summed E-state index contributed by atoms with van der Waals surface area (Å²) in [6.07, 6.45) is 1.49. The van der Waals surface area contributed by atoms with Crippen LogP contribution in [0.15, 0.2) is 6.20 Å². The van der Waals surface area contributed by atoms with Crippen LogP contribution in [0.4, 0.5) is 0 Å². The van der Waals surface area contributed by atoms with E-state index >= 15 is 0 Å². The number of hydrogen-bond donors (Lipinski definition) is 1. The molecule has 0 aliphatic heterocycles. The Morgan fingerprint density at radius 2 is 2.29 bits per heavy atom. The Kier molecular flexibility index (Phi) is 4.16. The minimum atomic E-state index is -0.755. The SMILES string of the molecule is CC(C)NC(=O)C(Cl)c1ncc(Cl)s1. The van der Waals surface area contributed by atoms with Crippen molar-refractivity contribution in [1.82, 2.24) is 10.3 Å². The van der Waals surface area contributed by atoms with Gasteiger partial charge >= 0.3 is 0 Å². The van der Waals surface area contributed by atoms with Crippen LogP contribution in [0.25, 0.3) is 0 Å². The Morgan fingerprint density at radius 3 is 2.71 bits per heavy atom. The quantitative estimate of drug-likeness (QED) is 0.841. The van der Waals surface area contributed by atoms with Gasteiger partial charge in [0.1, 0.15) is 9.34 Å². The lowest BCUT2D eigenvalue weighted by Gasteiger charge is -2.10. The van der Waals surface area contributed by atoms with Gasteiger partial charge in [-0.2, -0.15) is 0 Å². The van der Waals surface area contributed by atoms with Gasteiger partial charge in [-0.05, 0) is 13.8 Å². The average Bonchev–Trinajstić information content (AvgIpc) is 2.49. The Bertz CT molecular complexity index is 327. The zero-order valence-electron chi connectivity index (χ0n) is 7.75. The van der Waals surface area contributed by atoms with E-state index in [1.165, 1.54) is 17.5 Å². The summed E-state index contributed by atoms with van der Waals surface area (Å²) in [5.74, 6) is -0.243. The van der Waals surface area contributed by atoms with Crippen LogP contribution in [0, 0.1) is 0 Å². The molecule has 3 nitrogen and oxygen atoms in total. The van der Waals surface area contributed by atoms with Crippen LogP contribution in [0.5, 0.6) is 0 Å². The number of halogens is 2. The number of nitrogens with zero attached hydrogens (tertiary/aromatic N) is 1. The maximum atomic E-state index is 11.4. The van der Waals surface area contributed by atoms with Gasteiger partial charge in [0.25, 0.3) is 0 Å². The molecule has 0 aromatic carbocycles. The largest absolute Gasteiger partial charge is 0.352 e. The van der Waals surface area contributed by atoms with Gasteiger partial charge in [0.05, 0.1) is 6.20 Å². The fourth-order valence-electron chi connectivity index (χ4n) is 0.854. The van der Waals surface area contributed by atoms with Crippen LogP contribution >= 0.6 is 34.5 Å². The first-order valence-electron chi connectivity index (χ1n) is 4.06. The van der Waals surface area contributed by atoms with E-state index in [4.69, 9.17) is 23.2 Å². The van der Waals surface area contributed by atoms with Crippen LogP contribution < -0.4 is 5.32 Å². The molecule has 1 rings (SSSR count). The van der Waals surface area contributed by atoms with Gasteiger partial charge in [0.15, 0.2) is 5.38 Å². The number of carbonyl (C=O) groups is 1. The van der Waals surface area contributed by atoms with Gasteiger partial charge in [-0.15, -0.1) is 22.9 Å². The third kappa shape index (κ3) is 3.12. The lowest BCUT2D eigenvalue weighted by Crippen LogP contribution is -2.32. The fraction of sp³-hybridized carbons (Fsp3) is 0.500. The number of thiazole rings is 1. The van der Waals surface area contributed by atoms with Crippen LogP contribution in [-0.4, -0.2) is 16.9 Å².